The number of aromatic nitrogens is 4. The number of likely N-dealkylation sites (tertiary alicyclic amines) is 1. The maximum absolute atomic E-state index is 12.7. The lowest BCUT2D eigenvalue weighted by Crippen LogP contribution is -2.30. The van der Waals surface area contributed by atoms with Crippen LogP contribution in [-0.4, -0.2) is 56.1 Å². The molecule has 3 aromatic heterocycles. The first-order valence-corrected chi connectivity index (χ1v) is 9.84. The van der Waals surface area contributed by atoms with Crippen LogP contribution in [0.2, 0.25) is 0 Å². The Morgan fingerprint density at radius 2 is 2.10 bits per heavy atom. The number of fused-ring (bicyclic) bond motifs is 1. The zero-order valence-corrected chi connectivity index (χ0v) is 16.4. The topological polar surface area (TPSA) is 93.0 Å². The largest absolute Gasteiger partial charge is 0.354 e. The second-order valence-electron chi connectivity index (χ2n) is 7.33. The number of carbonyl (C=O) groups excluding carboxylic acids is 2. The smallest absolute Gasteiger partial charge is 0.227 e. The molecule has 1 N–H and O–H groups in total. The number of nitrogens with one attached hydrogen (secondary N) is 1. The van der Waals surface area contributed by atoms with Gasteiger partial charge in [0.2, 0.25) is 11.8 Å². The van der Waals surface area contributed by atoms with Crippen LogP contribution in [0.25, 0.3) is 11.0 Å². The van der Waals surface area contributed by atoms with Crippen molar-refractivity contribution in [2.45, 2.75) is 32.2 Å². The van der Waals surface area contributed by atoms with E-state index in [2.05, 4.69) is 15.3 Å². The first-order chi connectivity index (χ1) is 14.1. The van der Waals surface area contributed by atoms with Crippen LogP contribution >= 0.6 is 0 Å². The molecule has 1 fully saturated rings. The van der Waals surface area contributed by atoms with Gasteiger partial charge in [-0.25, -0.2) is 9.67 Å². The van der Waals surface area contributed by atoms with E-state index in [1.54, 1.807) is 18.6 Å². The lowest BCUT2D eigenvalue weighted by atomic mass is 10.0. The van der Waals surface area contributed by atoms with Crippen LogP contribution in [0.1, 0.15) is 30.5 Å². The van der Waals surface area contributed by atoms with Crippen LogP contribution in [0.15, 0.2) is 42.9 Å². The van der Waals surface area contributed by atoms with Crippen molar-refractivity contribution in [3.05, 3.63) is 54.1 Å². The number of hydrogen-bond donors (Lipinski definition) is 1. The highest BCUT2D eigenvalue weighted by Crippen LogP contribution is 2.31. The van der Waals surface area contributed by atoms with Gasteiger partial charge in [0.05, 0.1) is 18.7 Å². The van der Waals surface area contributed by atoms with Gasteiger partial charge in [-0.2, -0.15) is 5.10 Å². The molecule has 1 aliphatic rings. The lowest BCUT2D eigenvalue weighted by Gasteiger charge is -2.16. The molecule has 0 aliphatic carbocycles. The summed E-state index contributed by atoms with van der Waals surface area (Å²) in [5.41, 5.74) is 2.72. The molecule has 1 saturated heterocycles. The van der Waals surface area contributed by atoms with E-state index in [1.807, 2.05) is 33.8 Å². The quantitative estimate of drug-likeness (QED) is 0.687. The monoisotopic (exact) mass is 392 g/mol. The summed E-state index contributed by atoms with van der Waals surface area (Å²) < 4.78 is 1.85. The summed E-state index contributed by atoms with van der Waals surface area (Å²) in [6, 6.07) is 7.71. The van der Waals surface area contributed by atoms with E-state index in [1.165, 1.54) is 6.92 Å². The predicted octanol–water partition coefficient (Wildman–Crippen LogP) is 1.52. The number of hydrogen-bond acceptors (Lipinski definition) is 5. The molecule has 150 valence electrons. The van der Waals surface area contributed by atoms with Crippen molar-refractivity contribution in [2.75, 3.05) is 19.6 Å². The lowest BCUT2D eigenvalue weighted by molar-refractivity contribution is -0.129. The Hall–Kier alpha value is -3.29. The average molecular weight is 392 g/mol. The van der Waals surface area contributed by atoms with Gasteiger partial charge in [-0.1, -0.05) is 6.07 Å². The zero-order valence-electron chi connectivity index (χ0n) is 16.4. The highest BCUT2D eigenvalue weighted by molar-refractivity contribution is 5.81. The number of amides is 2. The van der Waals surface area contributed by atoms with Crippen molar-refractivity contribution in [1.82, 2.24) is 30.0 Å². The third-order valence-corrected chi connectivity index (χ3v) is 5.24. The Morgan fingerprint density at radius 1 is 1.24 bits per heavy atom. The van der Waals surface area contributed by atoms with Gasteiger partial charge in [0.1, 0.15) is 0 Å². The van der Waals surface area contributed by atoms with Gasteiger partial charge in [-0.05, 0) is 30.2 Å². The summed E-state index contributed by atoms with van der Waals surface area (Å²) >= 11 is 0. The molecule has 2 amide bonds. The second-order valence-corrected chi connectivity index (χ2v) is 7.33. The second kappa shape index (κ2) is 8.38. The van der Waals surface area contributed by atoms with Gasteiger partial charge in [0.25, 0.3) is 0 Å². The molecule has 8 nitrogen and oxygen atoms in total. The summed E-state index contributed by atoms with van der Waals surface area (Å²) in [5, 5.41) is 8.61. The van der Waals surface area contributed by atoms with Gasteiger partial charge in [-0.3, -0.25) is 14.6 Å². The first-order valence-electron chi connectivity index (χ1n) is 9.84. The van der Waals surface area contributed by atoms with E-state index in [-0.39, 0.29) is 17.7 Å². The fraction of sp³-hybridized carbons (Fsp3) is 0.381. The SMILES string of the molecule is CC(=O)NCCn1nc(C2CCN(C(=O)Cc3cccnc3)C2)c2cccnc21. The van der Waals surface area contributed by atoms with Crippen molar-refractivity contribution in [1.29, 1.82) is 0 Å². The minimum atomic E-state index is -0.0618. The molecule has 3 aromatic rings. The third-order valence-electron chi connectivity index (χ3n) is 5.24. The molecule has 8 heteroatoms. The normalized spacial score (nSPS) is 16.3. The summed E-state index contributed by atoms with van der Waals surface area (Å²) in [6.07, 6.45) is 6.45. The summed E-state index contributed by atoms with van der Waals surface area (Å²) in [5.74, 6) is 0.239. The first kappa shape index (κ1) is 19.0. The molecular weight excluding hydrogens is 368 g/mol. The van der Waals surface area contributed by atoms with Crippen molar-refractivity contribution in [3.63, 3.8) is 0 Å². The Balaban J connectivity index is 1.48. The van der Waals surface area contributed by atoms with E-state index in [9.17, 15) is 9.59 Å². The number of nitrogens with zero attached hydrogens (tertiary/aromatic N) is 5. The van der Waals surface area contributed by atoms with E-state index < -0.39 is 0 Å². The number of carbonyl (C=O) groups is 2. The fourth-order valence-electron chi connectivity index (χ4n) is 3.83. The van der Waals surface area contributed by atoms with Crippen LogP contribution in [0.3, 0.4) is 0 Å². The molecule has 1 unspecified atom stereocenters. The molecule has 0 spiro atoms. The van der Waals surface area contributed by atoms with E-state index in [4.69, 9.17) is 5.10 Å². The van der Waals surface area contributed by atoms with Gasteiger partial charge in [0, 0.05) is 56.5 Å². The highest BCUT2D eigenvalue weighted by atomic mass is 16.2. The minimum absolute atomic E-state index is 0.0618. The van der Waals surface area contributed by atoms with E-state index in [0.717, 1.165) is 35.3 Å². The van der Waals surface area contributed by atoms with Gasteiger partial charge in [0.15, 0.2) is 5.65 Å². The number of rotatable bonds is 6. The van der Waals surface area contributed by atoms with Crippen LogP contribution < -0.4 is 5.32 Å². The molecule has 0 radical (unpaired) electrons. The maximum Gasteiger partial charge on any atom is 0.227 e. The average Bonchev–Trinajstić information content (AvgIpc) is 3.34. The molecule has 4 rings (SSSR count). The van der Waals surface area contributed by atoms with Gasteiger partial charge < -0.3 is 10.2 Å². The minimum Gasteiger partial charge on any atom is -0.354 e. The molecule has 29 heavy (non-hydrogen) atoms. The number of pyridine rings is 2. The summed E-state index contributed by atoms with van der Waals surface area (Å²) in [7, 11) is 0. The Bertz CT molecular complexity index is 1020. The Labute approximate surface area is 168 Å². The molecule has 0 bridgehead atoms. The zero-order chi connectivity index (χ0) is 20.2. The summed E-state index contributed by atoms with van der Waals surface area (Å²) in [4.78, 5) is 34.3. The van der Waals surface area contributed by atoms with Crippen molar-refractivity contribution in [3.8, 4) is 0 Å². The molecule has 0 aromatic carbocycles. The fourth-order valence-corrected chi connectivity index (χ4v) is 3.83. The van der Waals surface area contributed by atoms with Crippen molar-refractivity contribution in [2.24, 2.45) is 0 Å². The molecule has 0 saturated carbocycles. The Kier molecular flexibility index (Phi) is 5.50. The van der Waals surface area contributed by atoms with Crippen LogP contribution in [0.4, 0.5) is 0 Å². The molecular formula is C21H24N6O2. The van der Waals surface area contributed by atoms with E-state index >= 15 is 0 Å². The van der Waals surface area contributed by atoms with Crippen LogP contribution in [0.5, 0.6) is 0 Å². The molecule has 4 heterocycles. The standard InChI is InChI=1S/C21H24N6O2/c1-15(28)23-9-11-27-21-18(5-3-8-24-21)20(25-27)17-6-10-26(14-17)19(29)12-16-4-2-7-22-13-16/h2-5,7-8,13,17H,6,9-12,14H2,1H3,(H,23,28). The summed E-state index contributed by atoms with van der Waals surface area (Å²) in [6.45, 7) is 3.95. The maximum atomic E-state index is 12.7. The Morgan fingerprint density at radius 3 is 2.90 bits per heavy atom. The van der Waals surface area contributed by atoms with Crippen molar-refractivity contribution < 1.29 is 9.59 Å². The van der Waals surface area contributed by atoms with Crippen LogP contribution in [0, 0.1) is 0 Å². The molecule has 1 aliphatic heterocycles. The van der Waals surface area contributed by atoms with E-state index in [0.29, 0.717) is 26.1 Å². The van der Waals surface area contributed by atoms with Crippen LogP contribution in [-0.2, 0) is 22.6 Å². The van der Waals surface area contributed by atoms with Crippen molar-refractivity contribution >= 4 is 22.8 Å². The highest BCUT2D eigenvalue weighted by Gasteiger charge is 2.30. The van der Waals surface area contributed by atoms with Gasteiger partial charge >= 0.3 is 0 Å². The predicted molar refractivity (Wildman–Crippen MR) is 108 cm³/mol. The molecule has 1 atom stereocenters. The third kappa shape index (κ3) is 4.26. The van der Waals surface area contributed by atoms with Gasteiger partial charge in [-0.15, -0.1) is 0 Å².